The van der Waals surface area contributed by atoms with Gasteiger partial charge in [-0.1, -0.05) is 38.3 Å². The quantitative estimate of drug-likeness (QED) is 0.515. The highest BCUT2D eigenvalue weighted by Gasteiger charge is 2.23. The summed E-state index contributed by atoms with van der Waals surface area (Å²) in [5.41, 5.74) is 3.25. The molecule has 1 aliphatic carbocycles. The highest BCUT2D eigenvalue weighted by atomic mass is 16.5. The number of methoxy groups -OCH3 is 1. The number of carbonyl (C=O) groups is 1. The number of aryl methyl sites for hydroxylation is 1. The number of ether oxygens (including phenoxy) is 1. The first-order valence-corrected chi connectivity index (χ1v) is 11.7. The van der Waals surface area contributed by atoms with E-state index in [0.29, 0.717) is 11.6 Å². The SMILES string of the molecule is CCC(NC(=O)c1cnc2c(cnn2CC)c1NC1CCCCC1)c1cccc(OC)c1. The molecule has 1 fully saturated rings. The Kier molecular flexibility index (Phi) is 6.93. The molecule has 2 N–H and O–H groups in total. The Morgan fingerprint density at radius 1 is 1.22 bits per heavy atom. The van der Waals surface area contributed by atoms with Crippen LogP contribution in [0.2, 0.25) is 0 Å². The second kappa shape index (κ2) is 10.0. The zero-order valence-corrected chi connectivity index (χ0v) is 19.2. The molecule has 0 radical (unpaired) electrons. The minimum Gasteiger partial charge on any atom is -0.497 e. The summed E-state index contributed by atoms with van der Waals surface area (Å²) < 4.78 is 7.23. The van der Waals surface area contributed by atoms with E-state index in [1.807, 2.05) is 42.1 Å². The molecular formula is C25H33N5O2. The van der Waals surface area contributed by atoms with E-state index in [1.54, 1.807) is 13.3 Å². The molecule has 3 aromatic rings. The second-order valence-corrected chi connectivity index (χ2v) is 8.43. The average molecular weight is 436 g/mol. The van der Waals surface area contributed by atoms with Crippen molar-refractivity contribution < 1.29 is 9.53 Å². The van der Waals surface area contributed by atoms with E-state index in [-0.39, 0.29) is 11.9 Å². The van der Waals surface area contributed by atoms with Gasteiger partial charge in [0.05, 0.1) is 36.0 Å². The van der Waals surface area contributed by atoms with Crippen LogP contribution >= 0.6 is 0 Å². The summed E-state index contributed by atoms with van der Waals surface area (Å²) in [7, 11) is 1.65. The van der Waals surface area contributed by atoms with Gasteiger partial charge in [-0.15, -0.1) is 0 Å². The van der Waals surface area contributed by atoms with Gasteiger partial charge in [0.15, 0.2) is 5.65 Å². The van der Waals surface area contributed by atoms with Crippen molar-refractivity contribution >= 4 is 22.6 Å². The van der Waals surface area contributed by atoms with Gasteiger partial charge in [0.1, 0.15) is 5.75 Å². The van der Waals surface area contributed by atoms with Crippen LogP contribution in [0.1, 0.15) is 74.3 Å². The fraction of sp³-hybridized carbons (Fsp3) is 0.480. The fourth-order valence-corrected chi connectivity index (χ4v) is 4.55. The van der Waals surface area contributed by atoms with Crippen molar-refractivity contribution in [3.05, 3.63) is 47.8 Å². The van der Waals surface area contributed by atoms with Crippen LogP contribution in [0.5, 0.6) is 5.75 Å². The molecule has 32 heavy (non-hydrogen) atoms. The summed E-state index contributed by atoms with van der Waals surface area (Å²) in [4.78, 5) is 18.1. The predicted octanol–water partition coefficient (Wildman–Crippen LogP) is 5.09. The Hall–Kier alpha value is -3.09. The number of hydrogen-bond acceptors (Lipinski definition) is 5. The van der Waals surface area contributed by atoms with Crippen molar-refractivity contribution in [2.45, 2.75) is 71.0 Å². The number of anilines is 1. The minimum absolute atomic E-state index is 0.116. The molecule has 0 bridgehead atoms. The number of amides is 1. The van der Waals surface area contributed by atoms with Crippen molar-refractivity contribution in [1.82, 2.24) is 20.1 Å². The summed E-state index contributed by atoms with van der Waals surface area (Å²) in [5.74, 6) is 0.654. The van der Waals surface area contributed by atoms with Crippen LogP contribution < -0.4 is 15.4 Å². The lowest BCUT2D eigenvalue weighted by Gasteiger charge is -2.26. The van der Waals surface area contributed by atoms with Gasteiger partial charge < -0.3 is 15.4 Å². The minimum atomic E-state index is -0.128. The lowest BCUT2D eigenvalue weighted by atomic mass is 9.95. The maximum absolute atomic E-state index is 13.5. The van der Waals surface area contributed by atoms with Gasteiger partial charge in [-0.3, -0.25) is 4.79 Å². The standard InChI is InChI=1S/C25H33N5O2/c1-4-22(17-10-9-13-19(14-17)32-3)29-25(31)21-15-26-24-20(16-27-30(24)5-2)23(21)28-18-11-7-6-8-12-18/h9-10,13-16,18,22H,4-8,11-12H2,1-3H3,(H,26,28)(H,29,31). The Morgan fingerprint density at radius 2 is 2.03 bits per heavy atom. The molecule has 2 aromatic heterocycles. The molecule has 2 heterocycles. The molecule has 1 amide bonds. The Balaban J connectivity index is 1.66. The van der Waals surface area contributed by atoms with Gasteiger partial charge in [0.2, 0.25) is 0 Å². The molecule has 0 saturated heterocycles. The molecule has 0 spiro atoms. The summed E-state index contributed by atoms with van der Waals surface area (Å²) in [6.45, 7) is 4.85. The monoisotopic (exact) mass is 435 g/mol. The molecular weight excluding hydrogens is 402 g/mol. The zero-order valence-electron chi connectivity index (χ0n) is 19.2. The molecule has 1 aromatic carbocycles. The van der Waals surface area contributed by atoms with E-state index in [0.717, 1.165) is 53.8 Å². The number of pyridine rings is 1. The molecule has 1 atom stereocenters. The fourth-order valence-electron chi connectivity index (χ4n) is 4.55. The summed E-state index contributed by atoms with van der Waals surface area (Å²) in [5, 5.41) is 12.3. The maximum atomic E-state index is 13.5. The Labute approximate surface area is 189 Å². The van der Waals surface area contributed by atoms with E-state index in [2.05, 4.69) is 27.6 Å². The first-order chi connectivity index (χ1) is 15.6. The Morgan fingerprint density at radius 3 is 2.75 bits per heavy atom. The van der Waals surface area contributed by atoms with Gasteiger partial charge in [-0.25, -0.2) is 9.67 Å². The number of nitrogens with zero attached hydrogens (tertiary/aromatic N) is 3. The van der Waals surface area contributed by atoms with E-state index >= 15 is 0 Å². The third-order valence-electron chi connectivity index (χ3n) is 6.37. The van der Waals surface area contributed by atoms with E-state index in [1.165, 1.54) is 19.3 Å². The number of rotatable bonds is 8. The van der Waals surface area contributed by atoms with Crippen LogP contribution in [0.15, 0.2) is 36.7 Å². The number of aromatic nitrogens is 3. The van der Waals surface area contributed by atoms with E-state index in [9.17, 15) is 4.79 Å². The third kappa shape index (κ3) is 4.56. The van der Waals surface area contributed by atoms with E-state index < -0.39 is 0 Å². The molecule has 1 saturated carbocycles. The molecule has 170 valence electrons. The summed E-state index contributed by atoms with van der Waals surface area (Å²) in [6.07, 6.45) is 10.2. The molecule has 7 heteroatoms. The van der Waals surface area contributed by atoms with Crippen molar-refractivity contribution in [2.75, 3.05) is 12.4 Å². The first kappa shape index (κ1) is 22.1. The second-order valence-electron chi connectivity index (χ2n) is 8.43. The smallest absolute Gasteiger partial charge is 0.255 e. The van der Waals surface area contributed by atoms with Crippen molar-refractivity contribution in [3.63, 3.8) is 0 Å². The number of hydrogen-bond donors (Lipinski definition) is 2. The average Bonchev–Trinajstić information content (AvgIpc) is 3.27. The molecule has 7 nitrogen and oxygen atoms in total. The summed E-state index contributed by atoms with van der Waals surface area (Å²) >= 11 is 0. The van der Waals surface area contributed by atoms with Crippen LogP contribution in [0.25, 0.3) is 11.0 Å². The summed E-state index contributed by atoms with van der Waals surface area (Å²) in [6, 6.07) is 8.10. The van der Waals surface area contributed by atoms with Gasteiger partial charge in [-0.2, -0.15) is 5.10 Å². The van der Waals surface area contributed by atoms with Crippen LogP contribution in [-0.4, -0.2) is 33.8 Å². The number of benzene rings is 1. The van der Waals surface area contributed by atoms with Crippen molar-refractivity contribution in [3.8, 4) is 5.75 Å². The zero-order chi connectivity index (χ0) is 22.5. The number of fused-ring (bicyclic) bond motifs is 1. The molecule has 1 unspecified atom stereocenters. The first-order valence-electron chi connectivity index (χ1n) is 11.7. The number of carbonyl (C=O) groups excluding carboxylic acids is 1. The van der Waals surface area contributed by atoms with E-state index in [4.69, 9.17) is 4.74 Å². The van der Waals surface area contributed by atoms with Crippen LogP contribution in [-0.2, 0) is 6.54 Å². The highest BCUT2D eigenvalue weighted by molar-refractivity contribution is 6.06. The van der Waals surface area contributed by atoms with Crippen molar-refractivity contribution in [1.29, 1.82) is 0 Å². The highest BCUT2D eigenvalue weighted by Crippen LogP contribution is 2.31. The lowest BCUT2D eigenvalue weighted by Crippen LogP contribution is -2.30. The van der Waals surface area contributed by atoms with Gasteiger partial charge in [-0.05, 0) is 43.9 Å². The molecule has 4 rings (SSSR count). The van der Waals surface area contributed by atoms with Crippen molar-refractivity contribution in [2.24, 2.45) is 0 Å². The lowest BCUT2D eigenvalue weighted by molar-refractivity contribution is 0.0936. The normalized spacial score (nSPS) is 15.5. The Bertz CT molecular complexity index is 1070. The van der Waals surface area contributed by atoms with Crippen LogP contribution in [0, 0.1) is 0 Å². The van der Waals surface area contributed by atoms with Gasteiger partial charge in [0, 0.05) is 18.8 Å². The number of nitrogens with one attached hydrogen (secondary N) is 2. The topological polar surface area (TPSA) is 81.1 Å². The predicted molar refractivity (Wildman–Crippen MR) is 127 cm³/mol. The van der Waals surface area contributed by atoms with Crippen LogP contribution in [0.3, 0.4) is 0 Å². The van der Waals surface area contributed by atoms with Crippen LogP contribution in [0.4, 0.5) is 5.69 Å². The largest absolute Gasteiger partial charge is 0.497 e. The molecule has 0 aliphatic heterocycles. The van der Waals surface area contributed by atoms with Gasteiger partial charge >= 0.3 is 0 Å². The third-order valence-corrected chi connectivity index (χ3v) is 6.37. The van der Waals surface area contributed by atoms with Gasteiger partial charge in [0.25, 0.3) is 5.91 Å². The molecule has 1 aliphatic rings. The maximum Gasteiger partial charge on any atom is 0.255 e.